The van der Waals surface area contributed by atoms with E-state index in [0.717, 1.165) is 19.3 Å². The molecule has 0 atom stereocenters. The number of halogens is 1. The maximum absolute atomic E-state index is 12.4. The molecule has 1 fully saturated rings. The van der Waals surface area contributed by atoms with E-state index in [1.54, 1.807) is 0 Å². The van der Waals surface area contributed by atoms with E-state index < -0.39 is 4.92 Å². The van der Waals surface area contributed by atoms with Crippen LogP contribution in [0.4, 0.5) is 5.69 Å². The second-order valence-corrected chi connectivity index (χ2v) is 6.51. The number of carbonyl (C=O) groups is 1. The van der Waals surface area contributed by atoms with Crippen molar-refractivity contribution in [1.82, 2.24) is 5.32 Å². The van der Waals surface area contributed by atoms with Crippen molar-refractivity contribution in [3.8, 4) is 0 Å². The lowest BCUT2D eigenvalue weighted by Crippen LogP contribution is -2.45. The largest absolute Gasteiger partial charge is 0.351 e. The van der Waals surface area contributed by atoms with E-state index in [0.29, 0.717) is 6.54 Å². The summed E-state index contributed by atoms with van der Waals surface area (Å²) >= 11 is 6.02. The molecule has 124 valence electrons. The summed E-state index contributed by atoms with van der Waals surface area (Å²) in [5.74, 6) is -0.308. The number of rotatable bonds is 5. The number of amides is 1. The lowest BCUT2D eigenvalue weighted by Gasteiger charge is -2.42. The van der Waals surface area contributed by atoms with Gasteiger partial charge in [0.05, 0.1) is 15.5 Å². The van der Waals surface area contributed by atoms with E-state index in [-0.39, 0.29) is 27.6 Å². The van der Waals surface area contributed by atoms with Gasteiger partial charge in [-0.25, -0.2) is 0 Å². The Morgan fingerprint density at radius 1 is 1.21 bits per heavy atom. The summed E-state index contributed by atoms with van der Waals surface area (Å²) in [6.45, 7) is 0.531. The molecule has 2 aromatic rings. The molecule has 0 radical (unpaired) electrons. The van der Waals surface area contributed by atoms with Crippen LogP contribution in [-0.4, -0.2) is 17.4 Å². The van der Waals surface area contributed by atoms with Gasteiger partial charge in [-0.1, -0.05) is 48.4 Å². The molecule has 0 heterocycles. The van der Waals surface area contributed by atoms with Gasteiger partial charge < -0.3 is 5.32 Å². The molecule has 0 bridgehead atoms. The van der Waals surface area contributed by atoms with Gasteiger partial charge in [-0.2, -0.15) is 0 Å². The van der Waals surface area contributed by atoms with Crippen LogP contribution in [-0.2, 0) is 5.41 Å². The molecule has 2 aromatic carbocycles. The summed E-state index contributed by atoms with van der Waals surface area (Å²) in [4.78, 5) is 22.6. The smallest absolute Gasteiger partial charge is 0.270 e. The molecule has 24 heavy (non-hydrogen) atoms. The Morgan fingerprint density at radius 3 is 2.46 bits per heavy atom. The first-order valence-corrected chi connectivity index (χ1v) is 8.17. The van der Waals surface area contributed by atoms with Crippen LogP contribution in [0.15, 0.2) is 48.5 Å². The van der Waals surface area contributed by atoms with Gasteiger partial charge in [-0.15, -0.1) is 0 Å². The van der Waals surface area contributed by atoms with Gasteiger partial charge in [0.1, 0.15) is 0 Å². The molecule has 1 saturated carbocycles. The number of nitrogens with one attached hydrogen (secondary N) is 1. The van der Waals surface area contributed by atoms with E-state index in [1.165, 1.54) is 23.8 Å². The third-order valence-electron chi connectivity index (χ3n) is 4.69. The highest BCUT2D eigenvalue weighted by Gasteiger charge is 2.38. The molecular formula is C18H17ClN2O3. The normalized spacial score (nSPS) is 15.4. The molecule has 1 aliphatic rings. The summed E-state index contributed by atoms with van der Waals surface area (Å²) in [7, 11) is 0. The van der Waals surface area contributed by atoms with Gasteiger partial charge in [0, 0.05) is 24.1 Å². The second kappa shape index (κ2) is 6.61. The van der Waals surface area contributed by atoms with E-state index in [9.17, 15) is 14.9 Å². The number of carbonyl (C=O) groups excluding carboxylic acids is 1. The molecule has 5 nitrogen and oxygen atoms in total. The average molecular weight is 345 g/mol. The number of nitrogens with zero attached hydrogens (tertiary/aromatic N) is 1. The minimum Gasteiger partial charge on any atom is -0.351 e. The molecular weight excluding hydrogens is 328 g/mol. The molecule has 1 amide bonds. The van der Waals surface area contributed by atoms with E-state index in [2.05, 4.69) is 17.4 Å². The minimum atomic E-state index is -0.535. The van der Waals surface area contributed by atoms with Crippen LogP contribution in [0.5, 0.6) is 0 Å². The molecule has 1 aliphatic carbocycles. The van der Waals surface area contributed by atoms with Crippen molar-refractivity contribution in [3.63, 3.8) is 0 Å². The SMILES string of the molecule is O=C(NCC1(c2ccccc2)CCC1)c1ccc([N+](=O)[O-])cc1Cl. The van der Waals surface area contributed by atoms with Gasteiger partial charge in [-0.05, 0) is 24.5 Å². The van der Waals surface area contributed by atoms with Crippen LogP contribution < -0.4 is 5.32 Å². The summed E-state index contributed by atoms with van der Waals surface area (Å²) < 4.78 is 0. The number of hydrogen-bond acceptors (Lipinski definition) is 3. The number of nitro groups is 1. The Hall–Kier alpha value is -2.40. The molecule has 1 N–H and O–H groups in total. The first-order chi connectivity index (χ1) is 11.5. The third kappa shape index (κ3) is 3.12. The van der Waals surface area contributed by atoms with Crippen LogP contribution in [0, 0.1) is 10.1 Å². The van der Waals surface area contributed by atoms with Crippen molar-refractivity contribution in [2.24, 2.45) is 0 Å². The fraction of sp³-hybridized carbons (Fsp3) is 0.278. The van der Waals surface area contributed by atoms with Gasteiger partial charge in [0.25, 0.3) is 11.6 Å². The van der Waals surface area contributed by atoms with Crippen molar-refractivity contribution in [2.75, 3.05) is 6.54 Å². The van der Waals surface area contributed by atoms with Crippen molar-refractivity contribution >= 4 is 23.2 Å². The van der Waals surface area contributed by atoms with Gasteiger partial charge in [0.2, 0.25) is 0 Å². The lowest BCUT2D eigenvalue weighted by molar-refractivity contribution is -0.384. The monoisotopic (exact) mass is 344 g/mol. The average Bonchev–Trinajstić information content (AvgIpc) is 2.54. The van der Waals surface area contributed by atoms with Gasteiger partial charge in [-0.3, -0.25) is 14.9 Å². The zero-order chi connectivity index (χ0) is 17.2. The molecule has 0 spiro atoms. The van der Waals surface area contributed by atoms with E-state index in [1.807, 2.05) is 18.2 Å². The Balaban J connectivity index is 1.72. The fourth-order valence-corrected chi connectivity index (χ4v) is 3.37. The zero-order valence-electron chi connectivity index (χ0n) is 13.0. The van der Waals surface area contributed by atoms with E-state index in [4.69, 9.17) is 11.6 Å². The summed E-state index contributed by atoms with van der Waals surface area (Å²) in [5, 5.41) is 13.8. The van der Waals surface area contributed by atoms with Crippen LogP contribution in [0.2, 0.25) is 5.02 Å². The highest BCUT2D eigenvalue weighted by molar-refractivity contribution is 6.34. The second-order valence-electron chi connectivity index (χ2n) is 6.10. The predicted molar refractivity (Wildman–Crippen MR) is 92.4 cm³/mol. The van der Waals surface area contributed by atoms with E-state index >= 15 is 0 Å². The minimum absolute atomic E-state index is 0.0236. The molecule has 0 saturated heterocycles. The van der Waals surface area contributed by atoms with Crippen molar-refractivity contribution in [3.05, 3.63) is 74.8 Å². The van der Waals surface area contributed by atoms with Crippen LogP contribution >= 0.6 is 11.6 Å². The number of nitro benzene ring substituents is 1. The topological polar surface area (TPSA) is 72.2 Å². The zero-order valence-corrected chi connectivity index (χ0v) is 13.8. The van der Waals surface area contributed by atoms with Crippen molar-refractivity contribution < 1.29 is 9.72 Å². The quantitative estimate of drug-likeness (QED) is 0.655. The maximum atomic E-state index is 12.4. The number of hydrogen-bond donors (Lipinski definition) is 1. The third-order valence-corrected chi connectivity index (χ3v) is 5.00. The van der Waals surface area contributed by atoms with Gasteiger partial charge in [0.15, 0.2) is 0 Å². The molecule has 0 unspecified atom stereocenters. The number of benzene rings is 2. The van der Waals surface area contributed by atoms with Crippen LogP contribution in [0.1, 0.15) is 35.2 Å². The standard InChI is InChI=1S/C18H17ClN2O3/c19-16-11-14(21(23)24)7-8-15(16)17(22)20-12-18(9-4-10-18)13-5-2-1-3-6-13/h1-3,5-8,11H,4,9-10,12H2,(H,20,22). The maximum Gasteiger partial charge on any atom is 0.270 e. The first kappa shape index (κ1) is 16.5. The highest BCUT2D eigenvalue weighted by atomic mass is 35.5. The Kier molecular flexibility index (Phi) is 4.53. The first-order valence-electron chi connectivity index (χ1n) is 7.79. The molecule has 3 rings (SSSR count). The summed E-state index contributed by atoms with van der Waals surface area (Å²) in [5.41, 5.74) is 1.33. The predicted octanol–water partition coefficient (Wildman–Crippen LogP) is 4.10. The Morgan fingerprint density at radius 2 is 1.92 bits per heavy atom. The van der Waals surface area contributed by atoms with Crippen LogP contribution in [0.25, 0.3) is 0 Å². The van der Waals surface area contributed by atoms with Crippen LogP contribution in [0.3, 0.4) is 0 Å². The fourth-order valence-electron chi connectivity index (χ4n) is 3.11. The molecule has 6 heteroatoms. The highest BCUT2D eigenvalue weighted by Crippen LogP contribution is 2.43. The summed E-state index contributed by atoms with van der Waals surface area (Å²) in [6, 6.07) is 14.0. The van der Waals surface area contributed by atoms with Crippen molar-refractivity contribution in [2.45, 2.75) is 24.7 Å². The summed E-state index contributed by atoms with van der Waals surface area (Å²) in [6.07, 6.45) is 3.21. The molecule has 0 aromatic heterocycles. The van der Waals surface area contributed by atoms with Gasteiger partial charge >= 0.3 is 0 Å². The Labute approximate surface area is 144 Å². The number of non-ortho nitro benzene ring substituents is 1. The molecule has 0 aliphatic heterocycles. The van der Waals surface area contributed by atoms with Crippen molar-refractivity contribution in [1.29, 1.82) is 0 Å². The lowest BCUT2D eigenvalue weighted by atomic mass is 9.64. The Bertz CT molecular complexity index is 773.